The Labute approximate surface area is 138 Å². The number of rotatable bonds is 7. The van der Waals surface area contributed by atoms with Crippen molar-refractivity contribution in [3.63, 3.8) is 0 Å². The van der Waals surface area contributed by atoms with Gasteiger partial charge < -0.3 is 0 Å². The summed E-state index contributed by atoms with van der Waals surface area (Å²) in [6.07, 6.45) is 3.48. The van der Waals surface area contributed by atoms with Gasteiger partial charge in [-0.2, -0.15) is 5.10 Å². The largest absolute Gasteiger partial charge is 0.277 e. The predicted octanol–water partition coefficient (Wildman–Crippen LogP) is 3.21. The molecule has 0 aliphatic rings. The second kappa shape index (κ2) is 8.10. The van der Waals surface area contributed by atoms with Crippen molar-refractivity contribution in [1.82, 2.24) is 4.31 Å². The predicted molar refractivity (Wildman–Crippen MR) is 93.5 cm³/mol. The Morgan fingerprint density at radius 1 is 1.26 bits per heavy atom. The summed E-state index contributed by atoms with van der Waals surface area (Å²) in [6.45, 7) is 6.24. The maximum atomic E-state index is 13.0. The van der Waals surface area contributed by atoms with Gasteiger partial charge in [-0.3, -0.25) is 9.31 Å². The van der Waals surface area contributed by atoms with Gasteiger partial charge in [-0.25, -0.2) is 12.8 Å². The van der Waals surface area contributed by atoms with Gasteiger partial charge in [0.25, 0.3) is 0 Å². The zero-order chi connectivity index (χ0) is 17.6. The van der Waals surface area contributed by atoms with Crippen molar-refractivity contribution in [3.8, 4) is 0 Å². The number of allylic oxidation sites excluding steroid dienone is 2. The summed E-state index contributed by atoms with van der Waals surface area (Å²) < 4.78 is 37.5. The highest BCUT2D eigenvalue weighted by Crippen LogP contribution is 2.16. The molecule has 128 valence electrons. The first-order chi connectivity index (χ1) is 10.7. The Kier molecular flexibility index (Phi) is 6.75. The number of halogens is 1. The number of hydrogen-bond acceptors (Lipinski definition) is 4. The van der Waals surface area contributed by atoms with Crippen LogP contribution in [-0.4, -0.2) is 38.3 Å². The first kappa shape index (κ1) is 19.2. The Hall–Kier alpha value is -1.89. The molecule has 0 aromatic heterocycles. The minimum atomic E-state index is -3.30. The third-order valence-electron chi connectivity index (χ3n) is 3.34. The van der Waals surface area contributed by atoms with Crippen LogP contribution in [-0.2, 0) is 10.0 Å². The molecule has 0 fully saturated rings. The summed E-state index contributed by atoms with van der Waals surface area (Å²) in [4.78, 5) is 0. The van der Waals surface area contributed by atoms with Gasteiger partial charge in [0.2, 0.25) is 10.0 Å². The highest BCUT2D eigenvalue weighted by Gasteiger charge is 2.13. The van der Waals surface area contributed by atoms with E-state index in [1.165, 1.54) is 29.7 Å². The smallest absolute Gasteiger partial charge is 0.231 e. The summed E-state index contributed by atoms with van der Waals surface area (Å²) in [5.41, 5.74) is 2.10. The molecule has 0 N–H and O–H groups in total. The van der Waals surface area contributed by atoms with Crippen molar-refractivity contribution in [2.24, 2.45) is 5.10 Å². The van der Waals surface area contributed by atoms with Crippen molar-refractivity contribution in [2.75, 3.05) is 24.9 Å². The van der Waals surface area contributed by atoms with E-state index in [2.05, 4.69) is 5.10 Å². The molecule has 0 saturated carbocycles. The normalized spacial score (nSPS) is 13.1. The van der Waals surface area contributed by atoms with Crippen LogP contribution >= 0.6 is 0 Å². The van der Waals surface area contributed by atoms with Crippen LogP contribution in [0.5, 0.6) is 0 Å². The molecule has 0 aliphatic carbocycles. The number of nitrogens with zero attached hydrogens (tertiary/aromatic N) is 3. The lowest BCUT2D eigenvalue weighted by atomic mass is 10.2. The molecule has 7 heteroatoms. The molecule has 0 saturated heterocycles. The van der Waals surface area contributed by atoms with E-state index in [0.29, 0.717) is 24.4 Å². The standard InChI is InChI=1S/C16H24FN3O2S/c1-6-15(19(4)23(5,21)22)12-13(3)18-20(7-2)16-10-8-14(17)9-11-16/h8-12H,6-7H2,1-5H3/b15-12+,18-13+. The molecule has 0 bridgehead atoms. The molecule has 1 aromatic carbocycles. The average Bonchev–Trinajstić information content (AvgIpc) is 2.49. The van der Waals surface area contributed by atoms with E-state index >= 15 is 0 Å². The Bertz CT molecular complexity index is 682. The highest BCUT2D eigenvalue weighted by molar-refractivity contribution is 7.88. The molecule has 1 rings (SSSR count). The maximum absolute atomic E-state index is 13.0. The average molecular weight is 341 g/mol. The molecule has 0 radical (unpaired) electrons. The van der Waals surface area contributed by atoms with Gasteiger partial charge in [0.15, 0.2) is 0 Å². The first-order valence-corrected chi connectivity index (χ1v) is 9.26. The molecule has 0 spiro atoms. The first-order valence-electron chi connectivity index (χ1n) is 7.41. The second-order valence-electron chi connectivity index (χ2n) is 5.15. The SMILES string of the molecule is CC/C(=C\C(C)=N\N(CC)c1ccc(F)cc1)N(C)S(C)(=O)=O. The molecule has 0 unspecified atom stereocenters. The number of anilines is 1. The van der Waals surface area contributed by atoms with E-state index in [1.807, 2.05) is 13.8 Å². The van der Waals surface area contributed by atoms with Crippen LogP contribution in [0.4, 0.5) is 10.1 Å². The Balaban J connectivity index is 3.08. The summed E-state index contributed by atoms with van der Waals surface area (Å²) in [5, 5.41) is 6.21. The lowest BCUT2D eigenvalue weighted by molar-refractivity contribution is 0.523. The van der Waals surface area contributed by atoms with Crippen molar-refractivity contribution in [3.05, 3.63) is 41.9 Å². The number of benzene rings is 1. The molecule has 5 nitrogen and oxygen atoms in total. The van der Waals surface area contributed by atoms with Crippen LogP contribution < -0.4 is 5.01 Å². The fraction of sp³-hybridized carbons (Fsp3) is 0.438. The fourth-order valence-electron chi connectivity index (χ4n) is 2.01. The Morgan fingerprint density at radius 3 is 2.26 bits per heavy atom. The molecule has 23 heavy (non-hydrogen) atoms. The minimum absolute atomic E-state index is 0.298. The summed E-state index contributed by atoms with van der Waals surface area (Å²) in [5.74, 6) is -0.298. The van der Waals surface area contributed by atoms with Gasteiger partial charge in [0, 0.05) is 19.3 Å². The zero-order valence-electron chi connectivity index (χ0n) is 14.2. The lowest BCUT2D eigenvalue weighted by Gasteiger charge is -2.20. The van der Waals surface area contributed by atoms with E-state index in [1.54, 1.807) is 30.1 Å². The van der Waals surface area contributed by atoms with Crippen molar-refractivity contribution >= 4 is 21.4 Å². The van der Waals surface area contributed by atoms with E-state index in [9.17, 15) is 12.8 Å². The summed E-state index contributed by atoms with van der Waals surface area (Å²) >= 11 is 0. The number of hydrazone groups is 1. The highest BCUT2D eigenvalue weighted by atomic mass is 32.2. The quantitative estimate of drug-likeness (QED) is 0.565. The summed E-state index contributed by atoms with van der Waals surface area (Å²) in [7, 11) is -1.77. The molecule has 0 heterocycles. The van der Waals surface area contributed by atoms with Gasteiger partial charge in [-0.15, -0.1) is 0 Å². The molecule has 0 atom stereocenters. The fourth-order valence-corrected chi connectivity index (χ4v) is 2.62. The van der Waals surface area contributed by atoms with Crippen LogP contribution in [0, 0.1) is 5.82 Å². The van der Waals surface area contributed by atoms with Crippen LogP contribution in [0.15, 0.2) is 41.1 Å². The molecule has 0 aliphatic heterocycles. The third-order valence-corrected chi connectivity index (χ3v) is 4.57. The third kappa shape index (κ3) is 5.67. The van der Waals surface area contributed by atoms with Crippen LogP contribution in [0.3, 0.4) is 0 Å². The van der Waals surface area contributed by atoms with Gasteiger partial charge in [-0.05, 0) is 50.6 Å². The number of sulfonamides is 1. The minimum Gasteiger partial charge on any atom is -0.277 e. The van der Waals surface area contributed by atoms with Gasteiger partial charge in [-0.1, -0.05) is 6.92 Å². The van der Waals surface area contributed by atoms with Crippen molar-refractivity contribution in [2.45, 2.75) is 27.2 Å². The molecular formula is C16H24FN3O2S. The van der Waals surface area contributed by atoms with Crippen LogP contribution in [0.2, 0.25) is 0 Å². The topological polar surface area (TPSA) is 53.0 Å². The molecule has 1 aromatic rings. The second-order valence-corrected chi connectivity index (χ2v) is 7.17. The molecule has 0 amide bonds. The maximum Gasteiger partial charge on any atom is 0.231 e. The van der Waals surface area contributed by atoms with E-state index in [4.69, 9.17) is 0 Å². The number of hydrogen-bond donors (Lipinski definition) is 0. The zero-order valence-corrected chi connectivity index (χ0v) is 15.1. The van der Waals surface area contributed by atoms with E-state index in [0.717, 1.165) is 5.69 Å². The van der Waals surface area contributed by atoms with Crippen molar-refractivity contribution in [1.29, 1.82) is 0 Å². The lowest BCUT2D eigenvalue weighted by Crippen LogP contribution is -2.25. The van der Waals surface area contributed by atoms with Gasteiger partial charge in [0.1, 0.15) is 5.82 Å². The Morgan fingerprint density at radius 2 is 1.83 bits per heavy atom. The summed E-state index contributed by atoms with van der Waals surface area (Å²) in [6, 6.07) is 6.08. The van der Waals surface area contributed by atoms with Gasteiger partial charge >= 0.3 is 0 Å². The van der Waals surface area contributed by atoms with E-state index in [-0.39, 0.29) is 5.82 Å². The van der Waals surface area contributed by atoms with Crippen LogP contribution in [0.25, 0.3) is 0 Å². The van der Waals surface area contributed by atoms with Crippen molar-refractivity contribution < 1.29 is 12.8 Å². The van der Waals surface area contributed by atoms with Crippen LogP contribution in [0.1, 0.15) is 27.2 Å². The monoisotopic (exact) mass is 341 g/mol. The molecular weight excluding hydrogens is 317 g/mol. The van der Waals surface area contributed by atoms with Gasteiger partial charge in [0.05, 0.1) is 17.7 Å². The van der Waals surface area contributed by atoms with E-state index < -0.39 is 10.0 Å².